The summed E-state index contributed by atoms with van der Waals surface area (Å²) in [4.78, 5) is 4.67. The Bertz CT molecular complexity index is 174. The zero-order chi connectivity index (χ0) is 12.8. The van der Waals surface area contributed by atoms with Gasteiger partial charge in [0.05, 0.1) is 0 Å². The molecule has 1 unspecified atom stereocenters. The molecule has 16 heavy (non-hydrogen) atoms. The molecular weight excluding hydrogens is 198 g/mol. The Labute approximate surface area is 102 Å². The first-order chi connectivity index (χ1) is 7.38. The number of hydrogen-bond donors (Lipinski definition) is 1. The van der Waals surface area contributed by atoms with E-state index >= 15 is 0 Å². The number of likely N-dealkylation sites (N-methyl/N-ethyl adjacent to an activating group) is 3. The molecule has 3 nitrogen and oxygen atoms in total. The van der Waals surface area contributed by atoms with Gasteiger partial charge in [-0.3, -0.25) is 0 Å². The van der Waals surface area contributed by atoms with Gasteiger partial charge in [-0.25, -0.2) is 0 Å². The molecule has 0 aliphatic carbocycles. The first-order valence-electron chi connectivity index (χ1n) is 6.40. The molecule has 0 saturated heterocycles. The summed E-state index contributed by atoms with van der Waals surface area (Å²) in [6, 6.07) is 0. The Balaban J connectivity index is 4.28. The van der Waals surface area contributed by atoms with E-state index in [1.54, 1.807) is 0 Å². The van der Waals surface area contributed by atoms with Crippen LogP contribution in [0.3, 0.4) is 0 Å². The fourth-order valence-corrected chi connectivity index (χ4v) is 2.18. The van der Waals surface area contributed by atoms with Crippen LogP contribution < -0.4 is 5.32 Å². The SMILES string of the molecule is CCC(CN(C)CCN(C)C)(NC)C(C)C. The molecule has 1 N–H and O–H groups in total. The van der Waals surface area contributed by atoms with Crippen LogP contribution in [-0.4, -0.2) is 63.2 Å². The van der Waals surface area contributed by atoms with Crippen molar-refractivity contribution >= 4 is 0 Å². The lowest BCUT2D eigenvalue weighted by Crippen LogP contribution is -2.55. The lowest BCUT2D eigenvalue weighted by Gasteiger charge is -2.40. The molecule has 0 heterocycles. The average molecular weight is 229 g/mol. The third-order valence-electron chi connectivity index (χ3n) is 3.71. The second-order valence-electron chi connectivity index (χ2n) is 5.46. The lowest BCUT2D eigenvalue weighted by molar-refractivity contribution is 0.153. The van der Waals surface area contributed by atoms with Gasteiger partial charge in [0, 0.05) is 25.2 Å². The average Bonchev–Trinajstić information content (AvgIpc) is 2.22. The van der Waals surface area contributed by atoms with Crippen molar-refractivity contribution in [3.63, 3.8) is 0 Å². The molecule has 0 bridgehead atoms. The fraction of sp³-hybridized carbons (Fsp3) is 1.00. The highest BCUT2D eigenvalue weighted by Crippen LogP contribution is 2.21. The maximum atomic E-state index is 3.53. The third kappa shape index (κ3) is 4.81. The normalized spacial score (nSPS) is 16.1. The summed E-state index contributed by atoms with van der Waals surface area (Å²) in [5.74, 6) is 0.657. The molecule has 0 spiro atoms. The highest BCUT2D eigenvalue weighted by Gasteiger charge is 2.30. The first kappa shape index (κ1) is 15.9. The third-order valence-corrected chi connectivity index (χ3v) is 3.71. The molecule has 0 amide bonds. The van der Waals surface area contributed by atoms with Crippen molar-refractivity contribution in [2.45, 2.75) is 32.7 Å². The molecule has 3 heteroatoms. The largest absolute Gasteiger partial charge is 0.313 e. The van der Waals surface area contributed by atoms with Gasteiger partial charge in [0.2, 0.25) is 0 Å². The molecule has 1 atom stereocenters. The van der Waals surface area contributed by atoms with Crippen molar-refractivity contribution in [3.8, 4) is 0 Å². The summed E-state index contributed by atoms with van der Waals surface area (Å²) in [5.41, 5.74) is 0.251. The van der Waals surface area contributed by atoms with Crippen molar-refractivity contribution in [2.24, 2.45) is 5.92 Å². The highest BCUT2D eigenvalue weighted by molar-refractivity contribution is 4.91. The standard InChI is InChI=1S/C13H31N3/c1-8-13(14-4,12(2)3)11-16(7)10-9-15(5)6/h12,14H,8-11H2,1-7H3. The molecule has 0 rings (SSSR count). The van der Waals surface area contributed by atoms with Crippen LogP contribution in [0.25, 0.3) is 0 Å². The summed E-state index contributed by atoms with van der Waals surface area (Å²) in [6.07, 6.45) is 1.17. The van der Waals surface area contributed by atoms with E-state index in [0.717, 1.165) is 19.6 Å². The molecule has 0 aliphatic heterocycles. The van der Waals surface area contributed by atoms with E-state index in [9.17, 15) is 0 Å². The first-order valence-corrected chi connectivity index (χ1v) is 6.40. The maximum absolute atomic E-state index is 3.53. The molecule has 98 valence electrons. The van der Waals surface area contributed by atoms with Crippen LogP contribution in [0.1, 0.15) is 27.2 Å². The summed E-state index contributed by atoms with van der Waals surface area (Å²) >= 11 is 0. The number of hydrogen-bond acceptors (Lipinski definition) is 3. The smallest absolute Gasteiger partial charge is 0.0326 e. The van der Waals surface area contributed by atoms with Gasteiger partial charge < -0.3 is 15.1 Å². The Hall–Kier alpha value is -0.120. The Morgan fingerprint density at radius 1 is 1.12 bits per heavy atom. The Kier molecular flexibility index (Phi) is 7.20. The number of nitrogens with zero attached hydrogens (tertiary/aromatic N) is 2. The summed E-state index contributed by atoms with van der Waals surface area (Å²) in [5, 5.41) is 3.53. The van der Waals surface area contributed by atoms with Gasteiger partial charge in [-0.05, 0) is 40.5 Å². The van der Waals surface area contributed by atoms with E-state index < -0.39 is 0 Å². The second kappa shape index (κ2) is 7.25. The van der Waals surface area contributed by atoms with Crippen LogP contribution >= 0.6 is 0 Å². The van der Waals surface area contributed by atoms with Crippen LogP contribution in [0, 0.1) is 5.92 Å². The van der Waals surface area contributed by atoms with Crippen LogP contribution in [0.2, 0.25) is 0 Å². The number of rotatable bonds is 8. The summed E-state index contributed by atoms with van der Waals surface area (Å²) < 4.78 is 0. The second-order valence-corrected chi connectivity index (χ2v) is 5.46. The van der Waals surface area contributed by atoms with Gasteiger partial charge in [0.25, 0.3) is 0 Å². The van der Waals surface area contributed by atoms with E-state index in [4.69, 9.17) is 0 Å². The lowest BCUT2D eigenvalue weighted by atomic mass is 9.83. The van der Waals surface area contributed by atoms with Gasteiger partial charge in [-0.2, -0.15) is 0 Å². The molecular formula is C13H31N3. The minimum Gasteiger partial charge on any atom is -0.313 e. The number of nitrogens with one attached hydrogen (secondary N) is 1. The van der Waals surface area contributed by atoms with E-state index in [1.165, 1.54) is 6.42 Å². The summed E-state index contributed by atoms with van der Waals surface area (Å²) in [6.45, 7) is 10.3. The Morgan fingerprint density at radius 2 is 1.69 bits per heavy atom. The predicted molar refractivity (Wildman–Crippen MR) is 73.0 cm³/mol. The van der Waals surface area contributed by atoms with E-state index in [1.807, 2.05) is 0 Å². The quantitative estimate of drug-likeness (QED) is 0.680. The van der Waals surface area contributed by atoms with Gasteiger partial charge in [-0.1, -0.05) is 20.8 Å². The molecule has 0 aliphatic rings. The minimum atomic E-state index is 0.251. The Morgan fingerprint density at radius 3 is 2.00 bits per heavy atom. The topological polar surface area (TPSA) is 18.5 Å². The molecule has 0 aromatic heterocycles. The van der Waals surface area contributed by atoms with Crippen LogP contribution in [-0.2, 0) is 0 Å². The van der Waals surface area contributed by atoms with Crippen molar-refractivity contribution in [2.75, 3.05) is 47.8 Å². The van der Waals surface area contributed by atoms with Gasteiger partial charge in [-0.15, -0.1) is 0 Å². The van der Waals surface area contributed by atoms with Crippen LogP contribution in [0.15, 0.2) is 0 Å². The maximum Gasteiger partial charge on any atom is 0.0326 e. The van der Waals surface area contributed by atoms with Crippen molar-refractivity contribution in [3.05, 3.63) is 0 Å². The molecule has 0 saturated carbocycles. The van der Waals surface area contributed by atoms with Crippen molar-refractivity contribution < 1.29 is 0 Å². The molecule has 0 fully saturated rings. The van der Waals surface area contributed by atoms with Crippen LogP contribution in [0.4, 0.5) is 0 Å². The monoisotopic (exact) mass is 229 g/mol. The predicted octanol–water partition coefficient (Wildman–Crippen LogP) is 1.50. The molecule has 0 aromatic carbocycles. The zero-order valence-electron chi connectivity index (χ0n) is 12.3. The highest BCUT2D eigenvalue weighted by atomic mass is 15.2. The van der Waals surface area contributed by atoms with Gasteiger partial charge >= 0.3 is 0 Å². The van der Waals surface area contributed by atoms with E-state index in [-0.39, 0.29) is 5.54 Å². The summed E-state index contributed by atoms with van der Waals surface area (Å²) in [7, 11) is 8.56. The van der Waals surface area contributed by atoms with Crippen molar-refractivity contribution in [1.29, 1.82) is 0 Å². The van der Waals surface area contributed by atoms with E-state index in [0.29, 0.717) is 5.92 Å². The molecule has 0 radical (unpaired) electrons. The zero-order valence-corrected chi connectivity index (χ0v) is 12.3. The van der Waals surface area contributed by atoms with Gasteiger partial charge in [0.1, 0.15) is 0 Å². The minimum absolute atomic E-state index is 0.251. The fourth-order valence-electron chi connectivity index (χ4n) is 2.18. The molecule has 0 aromatic rings. The van der Waals surface area contributed by atoms with Crippen molar-refractivity contribution in [1.82, 2.24) is 15.1 Å². The van der Waals surface area contributed by atoms with Gasteiger partial charge in [0.15, 0.2) is 0 Å². The van der Waals surface area contributed by atoms with Crippen LogP contribution in [0.5, 0.6) is 0 Å². The van der Waals surface area contributed by atoms with E-state index in [2.05, 4.69) is 64.1 Å².